The molecule has 0 saturated carbocycles. The first-order valence-electron chi connectivity index (χ1n) is 9.00. The molecule has 0 aliphatic carbocycles. The van der Waals surface area contributed by atoms with E-state index in [1.807, 2.05) is 20.8 Å². The SMILES string of the molecule is CCC1O[C@H](O[C@@H]2C(C)O[C@H](O)C(C)[C@H]2C)C(N=[N+]=[N-])[C@@H](C)[C@@H]1C. The monoisotopic (exact) mass is 341 g/mol. The smallest absolute Gasteiger partial charge is 0.167 e. The lowest BCUT2D eigenvalue weighted by Crippen LogP contribution is -2.55. The van der Waals surface area contributed by atoms with Gasteiger partial charge in [0.05, 0.1) is 24.4 Å². The van der Waals surface area contributed by atoms with Crippen molar-refractivity contribution in [2.24, 2.45) is 28.8 Å². The Kier molecular flexibility index (Phi) is 6.51. The molecule has 138 valence electrons. The van der Waals surface area contributed by atoms with Crippen LogP contribution in [0.1, 0.15) is 48.0 Å². The van der Waals surface area contributed by atoms with Crippen LogP contribution in [0.3, 0.4) is 0 Å². The molecule has 0 aromatic carbocycles. The lowest BCUT2D eigenvalue weighted by molar-refractivity contribution is -0.306. The van der Waals surface area contributed by atoms with Crippen molar-refractivity contribution in [2.45, 2.75) is 84.9 Å². The third kappa shape index (κ3) is 3.70. The van der Waals surface area contributed by atoms with Crippen molar-refractivity contribution >= 4 is 0 Å². The van der Waals surface area contributed by atoms with Gasteiger partial charge in [-0.2, -0.15) is 0 Å². The molecule has 0 spiro atoms. The molecule has 2 saturated heterocycles. The van der Waals surface area contributed by atoms with E-state index in [9.17, 15) is 5.11 Å². The summed E-state index contributed by atoms with van der Waals surface area (Å²) in [4.78, 5) is 3.00. The van der Waals surface area contributed by atoms with Crippen LogP contribution in [0.5, 0.6) is 0 Å². The van der Waals surface area contributed by atoms with Gasteiger partial charge in [0, 0.05) is 10.8 Å². The van der Waals surface area contributed by atoms with E-state index in [2.05, 4.69) is 30.8 Å². The summed E-state index contributed by atoms with van der Waals surface area (Å²) in [7, 11) is 0. The summed E-state index contributed by atoms with van der Waals surface area (Å²) in [5.41, 5.74) is 8.94. The van der Waals surface area contributed by atoms with Gasteiger partial charge in [-0.25, -0.2) is 0 Å². The second kappa shape index (κ2) is 8.02. The molecule has 0 aromatic rings. The van der Waals surface area contributed by atoms with Crippen LogP contribution in [0.2, 0.25) is 0 Å². The van der Waals surface area contributed by atoms with Gasteiger partial charge in [-0.1, -0.05) is 39.7 Å². The summed E-state index contributed by atoms with van der Waals surface area (Å²) in [6.07, 6.45) is -0.877. The summed E-state index contributed by atoms with van der Waals surface area (Å²) >= 11 is 0. The van der Waals surface area contributed by atoms with Crippen molar-refractivity contribution in [1.29, 1.82) is 0 Å². The van der Waals surface area contributed by atoms with Gasteiger partial charge in [-0.15, -0.1) is 0 Å². The minimum absolute atomic E-state index is 0.0361. The summed E-state index contributed by atoms with van der Waals surface area (Å²) in [6, 6.07) is -0.366. The zero-order chi connectivity index (χ0) is 18.0. The Hall–Kier alpha value is -0.850. The second-order valence-corrected chi connectivity index (χ2v) is 7.42. The third-order valence-corrected chi connectivity index (χ3v) is 6.03. The predicted molar refractivity (Wildman–Crippen MR) is 90.0 cm³/mol. The molecule has 0 radical (unpaired) electrons. The van der Waals surface area contributed by atoms with E-state index in [1.54, 1.807) is 0 Å². The van der Waals surface area contributed by atoms with Crippen LogP contribution >= 0.6 is 0 Å². The fraction of sp³-hybridized carbons (Fsp3) is 1.00. The molecule has 0 amide bonds. The number of rotatable bonds is 4. The van der Waals surface area contributed by atoms with Gasteiger partial charge in [-0.05, 0) is 36.6 Å². The van der Waals surface area contributed by atoms with Crippen LogP contribution in [0.25, 0.3) is 10.4 Å². The molecule has 7 heteroatoms. The maximum Gasteiger partial charge on any atom is 0.167 e. The number of azide groups is 1. The van der Waals surface area contributed by atoms with Crippen LogP contribution < -0.4 is 0 Å². The largest absolute Gasteiger partial charge is 0.368 e. The van der Waals surface area contributed by atoms with Crippen LogP contribution in [-0.4, -0.2) is 42.0 Å². The number of hydrogen-bond donors (Lipinski definition) is 1. The van der Waals surface area contributed by atoms with Crippen molar-refractivity contribution in [3.63, 3.8) is 0 Å². The minimum atomic E-state index is -0.780. The molecule has 2 heterocycles. The second-order valence-electron chi connectivity index (χ2n) is 7.42. The van der Waals surface area contributed by atoms with Crippen molar-refractivity contribution in [2.75, 3.05) is 0 Å². The van der Waals surface area contributed by atoms with Crippen molar-refractivity contribution < 1.29 is 19.3 Å². The molecule has 24 heavy (non-hydrogen) atoms. The van der Waals surface area contributed by atoms with Crippen molar-refractivity contribution in [1.82, 2.24) is 0 Å². The standard InChI is InChI=1S/C17H31N3O4/c1-7-13-8(2)9(3)14(19-20-18)17(23-13)24-15-10(4)11(5)16(21)22-12(15)6/h8-17,21H,7H2,1-6H3/t8-,9-,10+,11?,12?,13?,14?,15-,16-,17+/m0/s1. The Bertz CT molecular complexity index is 471. The number of aliphatic hydroxyl groups excluding tert-OH is 1. The van der Waals surface area contributed by atoms with Gasteiger partial charge >= 0.3 is 0 Å². The molecule has 2 aliphatic rings. The van der Waals surface area contributed by atoms with E-state index in [1.165, 1.54) is 0 Å². The van der Waals surface area contributed by atoms with Crippen molar-refractivity contribution in [3.05, 3.63) is 10.4 Å². The third-order valence-electron chi connectivity index (χ3n) is 6.03. The van der Waals surface area contributed by atoms with E-state index < -0.39 is 12.6 Å². The minimum Gasteiger partial charge on any atom is -0.368 e. The quantitative estimate of drug-likeness (QED) is 0.481. The summed E-state index contributed by atoms with van der Waals surface area (Å²) < 4.78 is 18.0. The molecule has 4 unspecified atom stereocenters. The first-order valence-corrected chi connectivity index (χ1v) is 9.00. The average Bonchev–Trinajstić information content (AvgIpc) is 2.55. The van der Waals surface area contributed by atoms with Gasteiger partial charge in [0.15, 0.2) is 12.6 Å². The Balaban J connectivity index is 2.19. The molecule has 2 fully saturated rings. The molecule has 7 nitrogen and oxygen atoms in total. The fourth-order valence-corrected chi connectivity index (χ4v) is 3.87. The van der Waals surface area contributed by atoms with E-state index in [0.717, 1.165) is 6.42 Å². The van der Waals surface area contributed by atoms with Crippen LogP contribution in [0, 0.1) is 23.7 Å². The predicted octanol–water partition coefficient (Wildman–Crippen LogP) is 3.47. The zero-order valence-corrected chi connectivity index (χ0v) is 15.5. The number of ether oxygens (including phenoxy) is 3. The topological polar surface area (TPSA) is 96.7 Å². The lowest BCUT2D eigenvalue weighted by atomic mass is 9.81. The summed E-state index contributed by atoms with van der Waals surface area (Å²) in [6.45, 7) is 12.2. The highest BCUT2D eigenvalue weighted by Crippen LogP contribution is 2.38. The molecular formula is C17H31N3O4. The summed E-state index contributed by atoms with van der Waals surface area (Å²) in [5.74, 6) is 0.533. The maximum absolute atomic E-state index is 9.96. The zero-order valence-electron chi connectivity index (χ0n) is 15.5. The molecule has 10 atom stereocenters. The van der Waals surface area contributed by atoms with Gasteiger partial charge in [0.1, 0.15) is 0 Å². The fourth-order valence-electron chi connectivity index (χ4n) is 3.87. The van der Waals surface area contributed by atoms with Gasteiger partial charge in [0.25, 0.3) is 0 Å². The van der Waals surface area contributed by atoms with Crippen LogP contribution in [-0.2, 0) is 14.2 Å². The first-order chi connectivity index (χ1) is 11.3. The van der Waals surface area contributed by atoms with Gasteiger partial charge in [0.2, 0.25) is 0 Å². The Morgan fingerprint density at radius 2 is 1.71 bits per heavy atom. The first kappa shape index (κ1) is 19.5. The van der Waals surface area contributed by atoms with E-state index in [0.29, 0.717) is 5.92 Å². The van der Waals surface area contributed by atoms with Crippen LogP contribution in [0.15, 0.2) is 5.11 Å². The number of aliphatic hydroxyl groups is 1. The normalized spacial score (nSPS) is 49.5. The summed E-state index contributed by atoms with van der Waals surface area (Å²) in [5, 5.41) is 13.9. The molecule has 0 bridgehead atoms. The number of nitrogens with zero attached hydrogens (tertiary/aromatic N) is 3. The Morgan fingerprint density at radius 1 is 1.04 bits per heavy atom. The molecule has 0 aromatic heterocycles. The molecule has 2 rings (SSSR count). The Morgan fingerprint density at radius 3 is 2.29 bits per heavy atom. The van der Waals surface area contributed by atoms with E-state index in [-0.39, 0.29) is 42.1 Å². The van der Waals surface area contributed by atoms with Gasteiger partial charge in [-0.3, -0.25) is 0 Å². The average molecular weight is 341 g/mol. The highest BCUT2D eigenvalue weighted by atomic mass is 16.7. The van der Waals surface area contributed by atoms with Crippen molar-refractivity contribution in [3.8, 4) is 0 Å². The number of hydrogen-bond acceptors (Lipinski definition) is 5. The lowest BCUT2D eigenvalue weighted by Gasteiger charge is -2.47. The van der Waals surface area contributed by atoms with Crippen LogP contribution in [0.4, 0.5) is 0 Å². The molecular weight excluding hydrogens is 310 g/mol. The highest BCUT2D eigenvalue weighted by molar-refractivity contribution is 4.91. The van der Waals surface area contributed by atoms with Gasteiger partial charge < -0.3 is 19.3 Å². The van der Waals surface area contributed by atoms with E-state index >= 15 is 0 Å². The molecule has 2 aliphatic heterocycles. The van der Waals surface area contributed by atoms with E-state index in [4.69, 9.17) is 19.7 Å². The highest BCUT2D eigenvalue weighted by Gasteiger charge is 2.46. The Labute approximate surface area is 144 Å². The molecule has 1 N–H and O–H groups in total. The maximum atomic E-state index is 9.96.